The van der Waals surface area contributed by atoms with Crippen molar-refractivity contribution in [2.75, 3.05) is 18.1 Å². The molecule has 8 nitrogen and oxygen atoms in total. The van der Waals surface area contributed by atoms with Gasteiger partial charge >= 0.3 is 11.9 Å². The van der Waals surface area contributed by atoms with E-state index in [1.54, 1.807) is 38.1 Å². The second kappa shape index (κ2) is 11.6. The van der Waals surface area contributed by atoms with Crippen LogP contribution >= 0.6 is 11.3 Å². The molecule has 38 heavy (non-hydrogen) atoms. The second-order valence-corrected chi connectivity index (χ2v) is 9.56. The number of ether oxygens (including phenoxy) is 2. The SMILES string of the molecule is CCCCOc1cccc(C2/C(=C(\O)c3ccc(F)cc3)C(=O)C(=O)N2c2nc(C)c(C(=O)OCC)s2)c1. The number of aryl methyl sites for hydroxylation is 1. The minimum atomic E-state index is -1.07. The number of hydrogen-bond acceptors (Lipinski definition) is 8. The quantitative estimate of drug-likeness (QED) is 0.125. The molecule has 198 valence electrons. The summed E-state index contributed by atoms with van der Waals surface area (Å²) in [7, 11) is 0. The number of hydrogen-bond donors (Lipinski definition) is 1. The summed E-state index contributed by atoms with van der Waals surface area (Å²) in [5.74, 6) is -2.86. The number of amides is 1. The third kappa shape index (κ3) is 5.31. The molecule has 0 saturated carbocycles. The van der Waals surface area contributed by atoms with Crippen molar-refractivity contribution in [1.82, 2.24) is 4.98 Å². The Balaban J connectivity index is 1.87. The highest BCUT2D eigenvalue weighted by molar-refractivity contribution is 7.17. The van der Waals surface area contributed by atoms with Gasteiger partial charge in [0.05, 0.1) is 30.5 Å². The minimum absolute atomic E-state index is 0.105. The van der Waals surface area contributed by atoms with Crippen LogP contribution in [0.4, 0.5) is 9.52 Å². The fourth-order valence-electron chi connectivity index (χ4n) is 4.09. The Morgan fingerprint density at radius 2 is 1.89 bits per heavy atom. The summed E-state index contributed by atoms with van der Waals surface area (Å²) in [5.41, 5.74) is 0.830. The predicted octanol–water partition coefficient (Wildman–Crippen LogP) is 5.57. The molecular weight excluding hydrogens is 511 g/mol. The highest BCUT2D eigenvalue weighted by Crippen LogP contribution is 2.44. The number of halogens is 1. The zero-order chi connectivity index (χ0) is 27.4. The molecule has 1 aromatic heterocycles. The maximum absolute atomic E-state index is 13.5. The Morgan fingerprint density at radius 1 is 1.16 bits per heavy atom. The van der Waals surface area contributed by atoms with Gasteiger partial charge in [0.25, 0.3) is 5.78 Å². The molecule has 1 aliphatic rings. The number of carbonyl (C=O) groups is 3. The molecule has 3 aromatic rings. The van der Waals surface area contributed by atoms with Crippen molar-refractivity contribution in [3.05, 3.63) is 81.6 Å². The molecule has 1 unspecified atom stereocenters. The van der Waals surface area contributed by atoms with Crippen molar-refractivity contribution in [1.29, 1.82) is 0 Å². The third-order valence-electron chi connectivity index (χ3n) is 5.95. The van der Waals surface area contributed by atoms with Gasteiger partial charge in [-0.2, -0.15) is 0 Å². The zero-order valence-electron chi connectivity index (χ0n) is 21.2. The molecule has 2 heterocycles. The molecule has 1 amide bonds. The number of aliphatic hydroxyl groups is 1. The van der Waals surface area contributed by atoms with E-state index in [1.807, 2.05) is 6.92 Å². The minimum Gasteiger partial charge on any atom is -0.507 e. The molecule has 1 fully saturated rings. The molecule has 2 aromatic carbocycles. The van der Waals surface area contributed by atoms with E-state index in [9.17, 15) is 23.9 Å². The number of carbonyl (C=O) groups excluding carboxylic acids is 3. The molecule has 1 N–H and O–H groups in total. The van der Waals surface area contributed by atoms with Gasteiger partial charge < -0.3 is 14.6 Å². The van der Waals surface area contributed by atoms with Gasteiger partial charge in [-0.05, 0) is 62.2 Å². The zero-order valence-corrected chi connectivity index (χ0v) is 22.0. The topological polar surface area (TPSA) is 106 Å². The van der Waals surface area contributed by atoms with E-state index in [2.05, 4.69) is 4.98 Å². The van der Waals surface area contributed by atoms with Gasteiger partial charge in [-0.25, -0.2) is 14.2 Å². The molecule has 1 saturated heterocycles. The monoisotopic (exact) mass is 538 g/mol. The molecule has 0 spiro atoms. The van der Waals surface area contributed by atoms with E-state index in [1.165, 1.54) is 17.0 Å². The fraction of sp³-hybridized carbons (Fsp3) is 0.286. The molecule has 1 atom stereocenters. The van der Waals surface area contributed by atoms with Crippen LogP contribution < -0.4 is 9.64 Å². The highest BCUT2D eigenvalue weighted by atomic mass is 32.1. The number of unbranched alkanes of at least 4 members (excludes halogenated alkanes) is 1. The summed E-state index contributed by atoms with van der Waals surface area (Å²) in [6.07, 6.45) is 1.80. The maximum Gasteiger partial charge on any atom is 0.350 e. The lowest BCUT2D eigenvalue weighted by molar-refractivity contribution is -0.132. The van der Waals surface area contributed by atoms with Crippen molar-refractivity contribution in [3.63, 3.8) is 0 Å². The van der Waals surface area contributed by atoms with Crippen LogP contribution in [0.15, 0.2) is 54.1 Å². The maximum atomic E-state index is 13.5. The lowest BCUT2D eigenvalue weighted by Gasteiger charge is -2.23. The van der Waals surface area contributed by atoms with Gasteiger partial charge in [-0.1, -0.05) is 36.8 Å². The summed E-state index contributed by atoms with van der Waals surface area (Å²) < 4.78 is 24.5. The van der Waals surface area contributed by atoms with E-state index in [0.717, 1.165) is 36.3 Å². The molecule has 10 heteroatoms. The van der Waals surface area contributed by atoms with E-state index in [4.69, 9.17) is 9.47 Å². The first kappa shape index (κ1) is 27.0. The van der Waals surface area contributed by atoms with Gasteiger partial charge in [-0.15, -0.1) is 0 Å². The van der Waals surface area contributed by atoms with Crippen molar-refractivity contribution in [2.24, 2.45) is 0 Å². The summed E-state index contributed by atoms with van der Waals surface area (Å²) in [4.78, 5) is 44.9. The van der Waals surface area contributed by atoms with Gasteiger partial charge in [0, 0.05) is 5.56 Å². The van der Waals surface area contributed by atoms with E-state index >= 15 is 0 Å². The van der Waals surface area contributed by atoms with Gasteiger partial charge in [0.15, 0.2) is 5.13 Å². The molecule has 1 aliphatic heterocycles. The number of aliphatic hydroxyl groups excluding tert-OH is 1. The lowest BCUT2D eigenvalue weighted by Crippen LogP contribution is -2.29. The predicted molar refractivity (Wildman–Crippen MR) is 141 cm³/mol. The fourth-order valence-corrected chi connectivity index (χ4v) is 5.08. The van der Waals surface area contributed by atoms with Crippen LogP contribution in [-0.4, -0.2) is 41.0 Å². The number of esters is 1. The first-order valence-electron chi connectivity index (χ1n) is 12.2. The normalized spacial score (nSPS) is 16.6. The number of thiazole rings is 1. The molecule has 4 rings (SSSR count). The first-order chi connectivity index (χ1) is 18.3. The first-order valence-corrected chi connectivity index (χ1v) is 13.0. The average molecular weight is 539 g/mol. The van der Waals surface area contributed by atoms with E-state index < -0.39 is 35.3 Å². The second-order valence-electron chi connectivity index (χ2n) is 8.58. The molecular formula is C28H27FN2O6S. The Kier molecular flexibility index (Phi) is 8.21. The molecule has 0 aliphatic carbocycles. The Hall–Kier alpha value is -4.05. The van der Waals surface area contributed by atoms with Gasteiger partial charge in [-0.3, -0.25) is 14.5 Å². The Morgan fingerprint density at radius 3 is 2.58 bits per heavy atom. The Labute approximate surface area is 223 Å². The number of nitrogens with zero attached hydrogens (tertiary/aromatic N) is 2. The summed E-state index contributed by atoms with van der Waals surface area (Å²) >= 11 is 0.924. The van der Waals surface area contributed by atoms with Gasteiger partial charge in [0.2, 0.25) is 0 Å². The smallest absolute Gasteiger partial charge is 0.350 e. The number of anilines is 1. The number of benzene rings is 2. The summed E-state index contributed by atoms with van der Waals surface area (Å²) in [6.45, 7) is 5.99. The third-order valence-corrected chi connectivity index (χ3v) is 7.09. The van der Waals surface area contributed by atoms with Crippen molar-refractivity contribution in [2.45, 2.75) is 39.7 Å². The van der Waals surface area contributed by atoms with Crippen LogP contribution in [0.1, 0.15) is 59.2 Å². The van der Waals surface area contributed by atoms with Crippen molar-refractivity contribution in [3.8, 4) is 5.75 Å². The van der Waals surface area contributed by atoms with Crippen LogP contribution in [-0.2, 0) is 14.3 Å². The molecule has 0 bridgehead atoms. The number of ketones is 1. The standard InChI is InChI=1S/C28H27FN2O6S/c1-4-6-14-37-20-9-7-8-18(15-20)22-21(23(32)17-10-12-19(29)13-11-17)24(33)26(34)31(22)28-30-16(3)25(38-28)27(35)36-5-2/h7-13,15,22,32H,4-6,14H2,1-3H3/b23-21+. The van der Waals surface area contributed by atoms with Crippen molar-refractivity contribution < 1.29 is 33.4 Å². The number of rotatable bonds is 9. The van der Waals surface area contributed by atoms with Crippen LogP contribution in [0.25, 0.3) is 5.76 Å². The average Bonchev–Trinajstić information content (AvgIpc) is 3.41. The van der Waals surface area contributed by atoms with Crippen LogP contribution in [0.3, 0.4) is 0 Å². The van der Waals surface area contributed by atoms with E-state index in [0.29, 0.717) is 23.6 Å². The van der Waals surface area contributed by atoms with Crippen LogP contribution in [0.2, 0.25) is 0 Å². The largest absolute Gasteiger partial charge is 0.507 e. The summed E-state index contributed by atoms with van der Waals surface area (Å²) in [6, 6.07) is 10.8. The van der Waals surface area contributed by atoms with Crippen LogP contribution in [0, 0.1) is 12.7 Å². The number of aromatic nitrogens is 1. The number of Topliss-reactive ketones (excluding diaryl/α,β-unsaturated/α-hetero) is 1. The Bertz CT molecular complexity index is 1400. The van der Waals surface area contributed by atoms with Crippen molar-refractivity contribution >= 4 is 39.9 Å². The lowest BCUT2D eigenvalue weighted by atomic mass is 9.95. The molecule has 0 radical (unpaired) electrons. The van der Waals surface area contributed by atoms with Gasteiger partial charge in [0.1, 0.15) is 22.2 Å². The van der Waals surface area contributed by atoms with Crippen LogP contribution in [0.5, 0.6) is 5.75 Å². The van der Waals surface area contributed by atoms with E-state index in [-0.39, 0.29) is 27.8 Å². The highest BCUT2D eigenvalue weighted by Gasteiger charge is 2.48. The summed E-state index contributed by atoms with van der Waals surface area (Å²) in [5, 5.41) is 11.3.